The van der Waals surface area contributed by atoms with Crippen molar-refractivity contribution >= 4 is 5.97 Å². The molecule has 96 valence electrons. The van der Waals surface area contributed by atoms with E-state index in [-0.39, 0.29) is 5.76 Å². The summed E-state index contributed by atoms with van der Waals surface area (Å²) in [7, 11) is 0. The first kappa shape index (κ1) is 16.1. The van der Waals surface area contributed by atoms with Gasteiger partial charge in [-0.1, -0.05) is 45.0 Å². The van der Waals surface area contributed by atoms with Gasteiger partial charge in [0.2, 0.25) is 0 Å². The Balaban J connectivity index is 4.50. The van der Waals surface area contributed by atoms with Crippen LogP contribution >= 0.6 is 0 Å². The Morgan fingerprint density at radius 2 is 1.53 bits per heavy atom. The number of rotatable bonds is 7. The molecule has 0 amide bonds. The van der Waals surface area contributed by atoms with Gasteiger partial charge in [-0.25, -0.2) is 4.79 Å². The van der Waals surface area contributed by atoms with Crippen LogP contribution in [0.2, 0.25) is 0 Å². The molecule has 0 N–H and O–H groups in total. The van der Waals surface area contributed by atoms with Gasteiger partial charge in [0.25, 0.3) is 0 Å². The van der Waals surface area contributed by atoms with Crippen LogP contribution in [0.15, 0.2) is 85.8 Å². The zero-order valence-corrected chi connectivity index (χ0v) is 10.7. The van der Waals surface area contributed by atoms with E-state index < -0.39 is 5.97 Å². The SMILES string of the molecule is C=CC(=O)OC(=C)/C=C\C(=C)C(=C)/C=C\C(=C)C#N. The molecule has 0 rings (SSSR count). The van der Waals surface area contributed by atoms with Gasteiger partial charge in [0, 0.05) is 11.6 Å². The quantitative estimate of drug-likeness (QED) is 0.229. The zero-order chi connectivity index (χ0) is 14.8. The molecule has 0 aromatic heterocycles. The molecular weight excluding hydrogens is 238 g/mol. The number of hydrogen-bond acceptors (Lipinski definition) is 3. The molecule has 3 nitrogen and oxygen atoms in total. The van der Waals surface area contributed by atoms with Crippen LogP contribution in [0.25, 0.3) is 0 Å². The van der Waals surface area contributed by atoms with E-state index >= 15 is 0 Å². The van der Waals surface area contributed by atoms with Crippen molar-refractivity contribution in [3.63, 3.8) is 0 Å². The molecule has 0 heterocycles. The number of carbonyl (C=O) groups excluding carboxylic acids is 1. The van der Waals surface area contributed by atoms with Crippen LogP contribution in [0.1, 0.15) is 0 Å². The number of hydrogen-bond donors (Lipinski definition) is 0. The van der Waals surface area contributed by atoms with Crippen LogP contribution in [-0.4, -0.2) is 5.97 Å². The fourth-order valence-electron chi connectivity index (χ4n) is 0.851. The summed E-state index contributed by atoms with van der Waals surface area (Å²) in [5.74, 6) is -0.409. The van der Waals surface area contributed by atoms with Gasteiger partial charge < -0.3 is 4.74 Å². The van der Waals surface area contributed by atoms with E-state index in [0.717, 1.165) is 6.08 Å². The number of carbonyl (C=O) groups is 1. The highest BCUT2D eigenvalue weighted by Crippen LogP contribution is 2.11. The summed E-state index contributed by atoms with van der Waals surface area (Å²) in [6.07, 6.45) is 7.29. The second-order valence-electron chi connectivity index (χ2n) is 3.45. The molecule has 0 aliphatic carbocycles. The Morgan fingerprint density at radius 3 is 2.00 bits per heavy atom. The number of allylic oxidation sites excluding steroid dienone is 7. The van der Waals surface area contributed by atoms with E-state index in [4.69, 9.17) is 10.00 Å². The Bertz CT molecular complexity index is 540. The van der Waals surface area contributed by atoms with Crippen molar-refractivity contribution in [1.82, 2.24) is 0 Å². The van der Waals surface area contributed by atoms with E-state index in [1.165, 1.54) is 12.2 Å². The van der Waals surface area contributed by atoms with Crippen LogP contribution in [0.4, 0.5) is 0 Å². The normalized spacial score (nSPS) is 9.84. The van der Waals surface area contributed by atoms with Crippen molar-refractivity contribution in [3.05, 3.63) is 85.8 Å². The summed E-state index contributed by atoms with van der Waals surface area (Å²) < 4.78 is 4.76. The van der Waals surface area contributed by atoms with Gasteiger partial charge in [0.05, 0.1) is 6.07 Å². The highest BCUT2D eigenvalue weighted by molar-refractivity contribution is 5.82. The first-order valence-electron chi connectivity index (χ1n) is 5.27. The van der Waals surface area contributed by atoms with Crippen molar-refractivity contribution in [1.29, 1.82) is 5.26 Å². The van der Waals surface area contributed by atoms with E-state index in [1.54, 1.807) is 12.2 Å². The summed E-state index contributed by atoms with van der Waals surface area (Å²) in [6, 6.07) is 1.89. The van der Waals surface area contributed by atoms with Crippen LogP contribution in [0.3, 0.4) is 0 Å². The third-order valence-electron chi connectivity index (χ3n) is 1.91. The monoisotopic (exact) mass is 253 g/mol. The minimum absolute atomic E-state index is 0.171. The second kappa shape index (κ2) is 8.26. The Morgan fingerprint density at radius 1 is 1.00 bits per heavy atom. The highest BCUT2D eigenvalue weighted by atomic mass is 16.5. The highest BCUT2D eigenvalue weighted by Gasteiger charge is 1.97. The summed E-state index contributed by atoms with van der Waals surface area (Å²) in [5, 5.41) is 8.53. The maximum absolute atomic E-state index is 10.9. The van der Waals surface area contributed by atoms with Crippen molar-refractivity contribution in [2.75, 3.05) is 0 Å². The molecule has 0 aliphatic rings. The largest absolute Gasteiger partial charge is 0.424 e. The van der Waals surface area contributed by atoms with E-state index in [1.807, 2.05) is 6.07 Å². The Kier molecular flexibility index (Phi) is 7.02. The third-order valence-corrected chi connectivity index (χ3v) is 1.91. The smallest absolute Gasteiger partial charge is 0.335 e. The summed E-state index contributed by atoms with van der Waals surface area (Å²) in [6.45, 7) is 17.9. The third kappa shape index (κ3) is 7.14. The molecule has 0 aromatic rings. The molecule has 0 unspecified atom stereocenters. The lowest BCUT2D eigenvalue weighted by Gasteiger charge is -2.01. The van der Waals surface area contributed by atoms with Crippen LogP contribution < -0.4 is 0 Å². The van der Waals surface area contributed by atoms with Crippen LogP contribution in [0.5, 0.6) is 0 Å². The first-order chi connectivity index (χ1) is 8.90. The van der Waals surface area contributed by atoms with Gasteiger partial charge in [0.1, 0.15) is 5.76 Å². The summed E-state index contributed by atoms with van der Waals surface area (Å²) in [4.78, 5) is 10.9. The predicted octanol–water partition coefficient (Wildman–Crippen LogP) is 3.53. The number of esters is 1. The standard InChI is InChI=1S/C16H15NO2/c1-6-16(18)19-15(5)10-9-14(4)13(3)8-7-12(2)11-17/h6-10H,1-5H2/b8-7-,10-9-. The zero-order valence-electron chi connectivity index (χ0n) is 10.7. The molecular formula is C16H15NO2. The number of nitrogens with zero attached hydrogens (tertiary/aromatic N) is 1. The van der Waals surface area contributed by atoms with E-state index in [0.29, 0.717) is 16.7 Å². The fourth-order valence-corrected chi connectivity index (χ4v) is 0.851. The average Bonchev–Trinajstić information content (AvgIpc) is 2.41. The van der Waals surface area contributed by atoms with Gasteiger partial charge in [-0.3, -0.25) is 0 Å². The molecule has 0 atom stereocenters. The molecule has 0 spiro atoms. The summed E-state index contributed by atoms with van der Waals surface area (Å²) >= 11 is 0. The van der Waals surface area contributed by atoms with Gasteiger partial charge >= 0.3 is 5.97 Å². The summed E-state index contributed by atoms with van der Waals surface area (Å²) in [5.41, 5.74) is 1.52. The van der Waals surface area contributed by atoms with E-state index in [9.17, 15) is 4.79 Å². The maximum Gasteiger partial charge on any atom is 0.335 e. The molecule has 0 fully saturated rings. The maximum atomic E-state index is 10.9. The lowest BCUT2D eigenvalue weighted by molar-refractivity contribution is -0.133. The van der Waals surface area contributed by atoms with Gasteiger partial charge in [0.15, 0.2) is 0 Å². The second-order valence-corrected chi connectivity index (χ2v) is 3.45. The Labute approximate surface area is 113 Å². The van der Waals surface area contributed by atoms with Gasteiger partial charge in [-0.05, 0) is 23.3 Å². The molecule has 0 bridgehead atoms. The van der Waals surface area contributed by atoms with Crippen molar-refractivity contribution < 1.29 is 9.53 Å². The van der Waals surface area contributed by atoms with Crippen molar-refractivity contribution in [2.45, 2.75) is 0 Å². The molecule has 0 aliphatic heterocycles. The molecule has 3 heteroatoms. The van der Waals surface area contributed by atoms with Crippen molar-refractivity contribution in [3.8, 4) is 6.07 Å². The van der Waals surface area contributed by atoms with Gasteiger partial charge in [-0.15, -0.1) is 0 Å². The van der Waals surface area contributed by atoms with E-state index in [2.05, 4.69) is 32.9 Å². The molecule has 0 saturated heterocycles. The minimum Gasteiger partial charge on any atom is -0.424 e. The average molecular weight is 253 g/mol. The fraction of sp³-hybridized carbons (Fsp3) is 0. The lowest BCUT2D eigenvalue weighted by Crippen LogP contribution is -1.97. The molecule has 0 radical (unpaired) electrons. The molecule has 19 heavy (non-hydrogen) atoms. The molecule has 0 aromatic carbocycles. The Hall–Kier alpha value is -2.86. The number of nitriles is 1. The topological polar surface area (TPSA) is 50.1 Å². The number of ether oxygens (including phenoxy) is 1. The van der Waals surface area contributed by atoms with Crippen molar-refractivity contribution in [2.24, 2.45) is 0 Å². The minimum atomic E-state index is -0.579. The van der Waals surface area contributed by atoms with Gasteiger partial charge in [-0.2, -0.15) is 5.26 Å². The molecule has 0 saturated carbocycles. The lowest BCUT2D eigenvalue weighted by atomic mass is 10.1. The van der Waals surface area contributed by atoms with Crippen LogP contribution in [0, 0.1) is 11.3 Å². The predicted molar refractivity (Wildman–Crippen MR) is 76.7 cm³/mol. The first-order valence-corrected chi connectivity index (χ1v) is 5.27. The van der Waals surface area contributed by atoms with Crippen LogP contribution in [-0.2, 0) is 9.53 Å².